The lowest BCUT2D eigenvalue weighted by Gasteiger charge is -2.23. The van der Waals surface area contributed by atoms with Crippen molar-refractivity contribution in [3.05, 3.63) is 0 Å². The molecule has 0 aromatic rings. The lowest BCUT2D eigenvalue weighted by Crippen LogP contribution is -2.38. The molecule has 0 saturated heterocycles. The summed E-state index contributed by atoms with van der Waals surface area (Å²) in [6.45, 7) is 1.65. The first-order chi connectivity index (χ1) is 8.00. The van der Waals surface area contributed by atoms with Gasteiger partial charge in [0.05, 0.1) is 6.42 Å². The van der Waals surface area contributed by atoms with Gasteiger partial charge in [-0.05, 0) is 31.6 Å². The van der Waals surface area contributed by atoms with Crippen molar-refractivity contribution in [2.75, 3.05) is 0 Å². The van der Waals surface area contributed by atoms with Gasteiger partial charge in [0, 0.05) is 0 Å². The van der Waals surface area contributed by atoms with Crippen molar-refractivity contribution in [2.24, 2.45) is 11.7 Å². The second kappa shape index (κ2) is 6.59. The zero-order chi connectivity index (χ0) is 12.8. The molecular weight excluding hydrogens is 222 g/mol. The molecule has 2 atom stereocenters. The third-order valence-electron chi connectivity index (χ3n) is 3.24. The predicted octanol–water partition coefficient (Wildman–Crippen LogP) is 1.30. The van der Waals surface area contributed by atoms with Crippen molar-refractivity contribution in [2.45, 2.75) is 57.6 Å². The van der Waals surface area contributed by atoms with E-state index >= 15 is 0 Å². The number of aliphatic carboxylic acids is 1. The Morgan fingerprint density at radius 3 is 2.47 bits per heavy atom. The second-order valence-corrected chi connectivity index (χ2v) is 4.80. The highest BCUT2D eigenvalue weighted by Crippen LogP contribution is 2.21. The Morgan fingerprint density at radius 1 is 1.35 bits per heavy atom. The van der Waals surface area contributed by atoms with Crippen LogP contribution in [0.4, 0.5) is 0 Å². The van der Waals surface area contributed by atoms with Crippen LogP contribution in [-0.2, 0) is 14.3 Å². The van der Waals surface area contributed by atoms with Crippen LogP contribution in [-0.4, -0.2) is 29.2 Å². The summed E-state index contributed by atoms with van der Waals surface area (Å²) in [7, 11) is 0. The number of ether oxygens (including phenoxy) is 1. The predicted molar refractivity (Wildman–Crippen MR) is 62.4 cm³/mol. The van der Waals surface area contributed by atoms with Gasteiger partial charge in [-0.25, -0.2) is 0 Å². The molecule has 5 nitrogen and oxygen atoms in total. The van der Waals surface area contributed by atoms with E-state index in [4.69, 9.17) is 15.6 Å². The minimum Gasteiger partial charge on any atom is -0.480 e. The molecule has 1 rings (SSSR count). The maximum absolute atomic E-state index is 11.6. The van der Waals surface area contributed by atoms with Crippen LogP contribution in [0.1, 0.15) is 45.4 Å². The SMILES string of the molecule is CC(CC(=O)OC1CCCCC1)[C@H](N)C(=O)O. The van der Waals surface area contributed by atoms with Crippen LogP contribution >= 0.6 is 0 Å². The second-order valence-electron chi connectivity index (χ2n) is 4.80. The number of hydrogen-bond donors (Lipinski definition) is 2. The molecule has 1 aliphatic carbocycles. The van der Waals surface area contributed by atoms with E-state index in [1.807, 2.05) is 0 Å². The quantitative estimate of drug-likeness (QED) is 0.710. The van der Waals surface area contributed by atoms with Gasteiger partial charge in [0.25, 0.3) is 0 Å². The number of hydrogen-bond acceptors (Lipinski definition) is 4. The highest BCUT2D eigenvalue weighted by molar-refractivity contribution is 5.76. The first-order valence-electron chi connectivity index (χ1n) is 6.18. The molecule has 1 aliphatic rings. The summed E-state index contributed by atoms with van der Waals surface area (Å²) in [6.07, 6.45) is 5.34. The molecule has 0 heterocycles. The Balaban J connectivity index is 2.30. The van der Waals surface area contributed by atoms with Crippen LogP contribution in [0.3, 0.4) is 0 Å². The molecule has 1 saturated carbocycles. The molecule has 5 heteroatoms. The van der Waals surface area contributed by atoms with Crippen molar-refractivity contribution >= 4 is 11.9 Å². The molecule has 98 valence electrons. The maximum Gasteiger partial charge on any atom is 0.320 e. The third kappa shape index (κ3) is 4.73. The Bertz CT molecular complexity index is 274. The minimum atomic E-state index is -1.08. The maximum atomic E-state index is 11.6. The Labute approximate surface area is 101 Å². The van der Waals surface area contributed by atoms with Gasteiger partial charge in [0.2, 0.25) is 0 Å². The largest absolute Gasteiger partial charge is 0.480 e. The fourth-order valence-electron chi connectivity index (χ4n) is 2.05. The summed E-state index contributed by atoms with van der Waals surface area (Å²) in [5, 5.41) is 8.71. The molecule has 0 spiro atoms. The lowest BCUT2D eigenvalue weighted by atomic mass is 9.97. The summed E-state index contributed by atoms with van der Waals surface area (Å²) < 4.78 is 5.30. The fourth-order valence-corrected chi connectivity index (χ4v) is 2.05. The van der Waals surface area contributed by atoms with Crippen LogP contribution < -0.4 is 5.73 Å². The van der Waals surface area contributed by atoms with Crippen molar-refractivity contribution in [1.82, 2.24) is 0 Å². The highest BCUT2D eigenvalue weighted by Gasteiger charge is 2.25. The van der Waals surface area contributed by atoms with Gasteiger partial charge in [-0.15, -0.1) is 0 Å². The summed E-state index contributed by atoms with van der Waals surface area (Å²) >= 11 is 0. The van der Waals surface area contributed by atoms with Crippen molar-refractivity contribution in [3.63, 3.8) is 0 Å². The first kappa shape index (κ1) is 14.0. The van der Waals surface area contributed by atoms with E-state index in [0.29, 0.717) is 0 Å². The van der Waals surface area contributed by atoms with E-state index < -0.39 is 17.9 Å². The number of carbonyl (C=O) groups excluding carboxylic acids is 1. The highest BCUT2D eigenvalue weighted by atomic mass is 16.5. The molecule has 0 aliphatic heterocycles. The fraction of sp³-hybridized carbons (Fsp3) is 0.833. The topological polar surface area (TPSA) is 89.6 Å². The van der Waals surface area contributed by atoms with Crippen molar-refractivity contribution in [3.8, 4) is 0 Å². The standard InChI is InChI=1S/C12H21NO4/c1-8(11(13)12(15)16)7-10(14)17-9-5-3-2-4-6-9/h8-9,11H,2-7,13H2,1H3,(H,15,16)/t8?,11-/m0/s1. The average molecular weight is 243 g/mol. The Morgan fingerprint density at radius 2 is 1.94 bits per heavy atom. The molecule has 0 aromatic heterocycles. The van der Waals surface area contributed by atoms with Gasteiger partial charge >= 0.3 is 11.9 Å². The molecule has 3 N–H and O–H groups in total. The van der Waals surface area contributed by atoms with Gasteiger partial charge < -0.3 is 15.6 Å². The van der Waals surface area contributed by atoms with Gasteiger partial charge in [-0.3, -0.25) is 9.59 Å². The van der Waals surface area contributed by atoms with Crippen LogP contribution in [0.25, 0.3) is 0 Å². The minimum absolute atomic E-state index is 0.0181. The number of esters is 1. The Hall–Kier alpha value is -1.10. The first-order valence-corrected chi connectivity index (χ1v) is 6.18. The molecule has 0 bridgehead atoms. The smallest absolute Gasteiger partial charge is 0.320 e. The summed E-state index contributed by atoms with van der Waals surface area (Å²) in [6, 6.07) is -1.01. The molecule has 17 heavy (non-hydrogen) atoms. The molecule has 0 amide bonds. The number of nitrogens with two attached hydrogens (primary N) is 1. The Kier molecular flexibility index (Phi) is 5.41. The van der Waals surface area contributed by atoms with E-state index in [2.05, 4.69) is 0 Å². The monoisotopic (exact) mass is 243 g/mol. The number of carboxylic acid groups (broad SMARTS) is 1. The molecule has 1 fully saturated rings. The van der Waals surface area contributed by atoms with E-state index in [-0.39, 0.29) is 18.5 Å². The van der Waals surface area contributed by atoms with Gasteiger partial charge in [0.15, 0.2) is 0 Å². The van der Waals surface area contributed by atoms with Crippen LogP contribution in [0.15, 0.2) is 0 Å². The zero-order valence-electron chi connectivity index (χ0n) is 10.2. The van der Waals surface area contributed by atoms with E-state index in [0.717, 1.165) is 25.7 Å². The number of carbonyl (C=O) groups is 2. The average Bonchev–Trinajstić information content (AvgIpc) is 2.28. The van der Waals surface area contributed by atoms with Crippen LogP contribution in [0.2, 0.25) is 0 Å². The van der Waals surface area contributed by atoms with Crippen LogP contribution in [0.5, 0.6) is 0 Å². The van der Waals surface area contributed by atoms with Gasteiger partial charge in [0.1, 0.15) is 12.1 Å². The van der Waals surface area contributed by atoms with Crippen LogP contribution in [0, 0.1) is 5.92 Å². The van der Waals surface area contributed by atoms with E-state index in [1.165, 1.54) is 6.42 Å². The molecule has 1 unspecified atom stereocenters. The molecular formula is C12H21NO4. The molecule has 0 aromatic carbocycles. The third-order valence-corrected chi connectivity index (χ3v) is 3.24. The van der Waals surface area contributed by atoms with Gasteiger partial charge in [-0.1, -0.05) is 13.3 Å². The number of rotatable bonds is 5. The zero-order valence-corrected chi connectivity index (χ0v) is 10.2. The summed E-state index contributed by atoms with van der Waals surface area (Å²) in [5.74, 6) is -1.81. The van der Waals surface area contributed by atoms with Crippen molar-refractivity contribution < 1.29 is 19.4 Å². The van der Waals surface area contributed by atoms with Gasteiger partial charge in [-0.2, -0.15) is 0 Å². The summed E-state index contributed by atoms with van der Waals surface area (Å²) in [5.41, 5.74) is 5.43. The van der Waals surface area contributed by atoms with E-state index in [1.54, 1.807) is 6.92 Å². The molecule has 0 radical (unpaired) electrons. The van der Waals surface area contributed by atoms with E-state index in [9.17, 15) is 9.59 Å². The normalized spacial score (nSPS) is 20.6. The van der Waals surface area contributed by atoms with Crippen molar-refractivity contribution in [1.29, 1.82) is 0 Å². The summed E-state index contributed by atoms with van der Waals surface area (Å²) in [4.78, 5) is 22.2. The number of carboxylic acids is 1. The lowest BCUT2D eigenvalue weighted by molar-refractivity contribution is -0.152.